The Bertz CT molecular complexity index is 1170. The molecule has 180 valence electrons. The molecule has 0 bridgehead atoms. The molecule has 1 aromatic heterocycles. The van der Waals surface area contributed by atoms with Gasteiger partial charge in [0.1, 0.15) is 18.3 Å². The fourth-order valence-corrected chi connectivity index (χ4v) is 4.36. The molecular formula is C28H29N3O4. The van der Waals surface area contributed by atoms with Crippen LogP contribution < -0.4 is 0 Å². The van der Waals surface area contributed by atoms with Crippen molar-refractivity contribution in [1.29, 1.82) is 0 Å². The summed E-state index contributed by atoms with van der Waals surface area (Å²) in [5.41, 5.74) is 4.01. The summed E-state index contributed by atoms with van der Waals surface area (Å²) in [6.07, 6.45) is -0.152. The zero-order valence-corrected chi connectivity index (χ0v) is 19.6. The number of ether oxygens (including phenoxy) is 4. The molecule has 0 fully saturated rings. The molecule has 0 N–H and O–H groups in total. The molecule has 0 spiro atoms. The van der Waals surface area contributed by atoms with Gasteiger partial charge < -0.3 is 18.9 Å². The van der Waals surface area contributed by atoms with Crippen molar-refractivity contribution in [2.24, 2.45) is 0 Å². The summed E-state index contributed by atoms with van der Waals surface area (Å²) in [6, 6.07) is 30.2. The van der Waals surface area contributed by atoms with Gasteiger partial charge in [-0.1, -0.05) is 96.2 Å². The fraction of sp³-hybridized carbons (Fsp3) is 0.286. The molecular weight excluding hydrogens is 442 g/mol. The van der Waals surface area contributed by atoms with Gasteiger partial charge in [-0.2, -0.15) is 0 Å². The van der Waals surface area contributed by atoms with Gasteiger partial charge in [0.25, 0.3) is 0 Å². The zero-order valence-electron chi connectivity index (χ0n) is 19.6. The maximum atomic E-state index is 6.53. The first-order valence-electron chi connectivity index (χ1n) is 11.7. The summed E-state index contributed by atoms with van der Waals surface area (Å²) in [7, 11) is 1.65. The number of benzene rings is 3. The van der Waals surface area contributed by atoms with Crippen molar-refractivity contribution in [3.05, 3.63) is 120 Å². The molecule has 0 radical (unpaired) electrons. The summed E-state index contributed by atoms with van der Waals surface area (Å²) in [5.74, 6) is 0. The van der Waals surface area contributed by atoms with Gasteiger partial charge in [-0.3, -0.25) is 0 Å². The predicted octanol–water partition coefficient (Wildman–Crippen LogP) is 4.87. The van der Waals surface area contributed by atoms with Crippen LogP contribution in [0.2, 0.25) is 0 Å². The molecule has 0 amide bonds. The molecule has 1 aliphatic rings. The molecule has 5 rings (SSSR count). The van der Waals surface area contributed by atoms with Crippen molar-refractivity contribution in [3.63, 3.8) is 0 Å². The van der Waals surface area contributed by atoms with E-state index in [0.717, 1.165) is 22.4 Å². The Morgan fingerprint density at radius 3 is 1.66 bits per heavy atom. The highest BCUT2D eigenvalue weighted by Gasteiger charge is 2.47. The molecule has 1 unspecified atom stereocenters. The summed E-state index contributed by atoms with van der Waals surface area (Å²) in [4.78, 5) is 0. The average Bonchev–Trinajstić information content (AvgIpc) is 3.40. The van der Waals surface area contributed by atoms with Gasteiger partial charge in [-0.15, -0.1) is 5.10 Å². The average molecular weight is 472 g/mol. The Hall–Kier alpha value is -3.36. The largest absolute Gasteiger partial charge is 0.367 e. The quantitative estimate of drug-likeness (QED) is 0.329. The van der Waals surface area contributed by atoms with E-state index in [0.29, 0.717) is 19.8 Å². The molecule has 35 heavy (non-hydrogen) atoms. The molecule has 0 aliphatic carbocycles. The lowest BCUT2D eigenvalue weighted by atomic mass is 9.98. The van der Waals surface area contributed by atoms with Crippen LogP contribution in [0.3, 0.4) is 0 Å². The standard InChI is InChI=1S/C28H29N3O4/c1-32-28-27(35-20-23-15-9-4-10-16-23)26(34-19-22-13-7-3-8-14-22)25(24-17-29-30-31(24)28)33-18-21-11-5-2-6-12-21/h2-17,25-28H,18-20H2,1H3/t25-,26+,27+,28?/m1/s1. The fourth-order valence-electron chi connectivity index (χ4n) is 4.36. The van der Waals surface area contributed by atoms with Crippen LogP contribution in [0.5, 0.6) is 0 Å². The zero-order chi connectivity index (χ0) is 23.9. The van der Waals surface area contributed by atoms with Crippen molar-refractivity contribution >= 4 is 0 Å². The number of rotatable bonds is 10. The van der Waals surface area contributed by atoms with Crippen LogP contribution in [0, 0.1) is 0 Å². The Labute approximate surface area is 205 Å². The Morgan fingerprint density at radius 2 is 1.14 bits per heavy atom. The molecule has 4 aromatic rings. The van der Waals surface area contributed by atoms with E-state index in [9.17, 15) is 0 Å². The first-order chi connectivity index (χ1) is 17.3. The van der Waals surface area contributed by atoms with Gasteiger partial charge in [0.05, 0.1) is 31.7 Å². The minimum absolute atomic E-state index is 0.409. The highest BCUT2D eigenvalue weighted by molar-refractivity contribution is 5.17. The summed E-state index contributed by atoms with van der Waals surface area (Å²) in [5, 5.41) is 8.45. The third-order valence-corrected chi connectivity index (χ3v) is 6.12. The van der Waals surface area contributed by atoms with Crippen LogP contribution in [0.1, 0.15) is 34.7 Å². The number of methoxy groups -OCH3 is 1. The van der Waals surface area contributed by atoms with Gasteiger partial charge >= 0.3 is 0 Å². The van der Waals surface area contributed by atoms with Gasteiger partial charge in [0, 0.05) is 7.11 Å². The van der Waals surface area contributed by atoms with Crippen LogP contribution in [0.4, 0.5) is 0 Å². The van der Waals surface area contributed by atoms with Crippen LogP contribution in [-0.2, 0) is 38.8 Å². The third kappa shape index (κ3) is 5.49. The molecule has 7 nitrogen and oxygen atoms in total. The van der Waals surface area contributed by atoms with Gasteiger partial charge in [0.2, 0.25) is 0 Å². The van der Waals surface area contributed by atoms with E-state index in [4.69, 9.17) is 18.9 Å². The normalized spacial score (nSPS) is 21.5. The Morgan fingerprint density at radius 1 is 0.657 bits per heavy atom. The van der Waals surface area contributed by atoms with Crippen molar-refractivity contribution in [2.45, 2.75) is 44.4 Å². The Balaban J connectivity index is 1.44. The maximum Gasteiger partial charge on any atom is 0.180 e. The third-order valence-electron chi connectivity index (χ3n) is 6.12. The van der Waals surface area contributed by atoms with Crippen LogP contribution in [0.15, 0.2) is 97.2 Å². The summed E-state index contributed by atoms with van der Waals surface area (Å²) >= 11 is 0. The minimum Gasteiger partial charge on any atom is -0.367 e. The molecule has 4 atom stereocenters. The van der Waals surface area contributed by atoms with Crippen LogP contribution >= 0.6 is 0 Å². The number of nitrogens with zero attached hydrogens (tertiary/aromatic N) is 3. The van der Waals surface area contributed by atoms with E-state index in [1.807, 2.05) is 91.0 Å². The second kappa shape index (κ2) is 11.4. The number of aromatic nitrogens is 3. The molecule has 2 heterocycles. The molecule has 1 aliphatic heterocycles. The van der Waals surface area contributed by atoms with E-state index in [1.165, 1.54) is 0 Å². The van der Waals surface area contributed by atoms with E-state index in [2.05, 4.69) is 10.3 Å². The van der Waals surface area contributed by atoms with Crippen molar-refractivity contribution in [1.82, 2.24) is 15.0 Å². The highest BCUT2D eigenvalue weighted by Crippen LogP contribution is 2.39. The molecule has 7 heteroatoms. The first-order valence-corrected chi connectivity index (χ1v) is 11.7. The first kappa shape index (κ1) is 23.4. The van der Waals surface area contributed by atoms with Crippen LogP contribution in [-0.4, -0.2) is 34.3 Å². The number of hydrogen-bond acceptors (Lipinski definition) is 6. The van der Waals surface area contributed by atoms with E-state index in [-0.39, 0.29) is 0 Å². The van der Waals surface area contributed by atoms with Crippen molar-refractivity contribution in [2.75, 3.05) is 7.11 Å². The second-order valence-corrected chi connectivity index (χ2v) is 8.47. The van der Waals surface area contributed by atoms with E-state index < -0.39 is 24.5 Å². The smallest absolute Gasteiger partial charge is 0.180 e. The van der Waals surface area contributed by atoms with Crippen molar-refractivity contribution < 1.29 is 18.9 Å². The highest BCUT2D eigenvalue weighted by atomic mass is 16.6. The SMILES string of the molecule is COC1[C@@H](OCc2ccccc2)[C@@H](OCc2ccccc2)[C@H](OCc2ccccc2)c2cnnn21. The predicted molar refractivity (Wildman–Crippen MR) is 130 cm³/mol. The van der Waals surface area contributed by atoms with Crippen LogP contribution in [0.25, 0.3) is 0 Å². The number of fused-ring (bicyclic) bond motifs is 1. The van der Waals surface area contributed by atoms with Gasteiger partial charge in [-0.05, 0) is 16.7 Å². The summed E-state index contributed by atoms with van der Waals surface area (Å²) in [6.45, 7) is 1.25. The number of hydrogen-bond donors (Lipinski definition) is 0. The monoisotopic (exact) mass is 471 g/mol. The maximum absolute atomic E-state index is 6.53. The molecule has 0 saturated heterocycles. The minimum atomic E-state index is -0.506. The van der Waals surface area contributed by atoms with Gasteiger partial charge in [-0.25, -0.2) is 4.68 Å². The van der Waals surface area contributed by atoms with E-state index >= 15 is 0 Å². The van der Waals surface area contributed by atoms with E-state index in [1.54, 1.807) is 18.0 Å². The molecule has 3 aromatic carbocycles. The lowest BCUT2D eigenvalue weighted by Crippen LogP contribution is -2.49. The van der Waals surface area contributed by atoms with Crippen molar-refractivity contribution in [3.8, 4) is 0 Å². The van der Waals surface area contributed by atoms with Gasteiger partial charge in [0.15, 0.2) is 6.23 Å². The second-order valence-electron chi connectivity index (χ2n) is 8.47. The molecule has 0 saturated carbocycles. The Kier molecular flexibility index (Phi) is 7.60. The lowest BCUT2D eigenvalue weighted by Gasteiger charge is -2.41. The lowest BCUT2D eigenvalue weighted by molar-refractivity contribution is -0.222. The summed E-state index contributed by atoms with van der Waals surface area (Å²) < 4.78 is 27.1. The topological polar surface area (TPSA) is 67.6 Å².